The summed E-state index contributed by atoms with van der Waals surface area (Å²) >= 11 is 1.68. The smallest absolute Gasteiger partial charge is 0.119 e. The summed E-state index contributed by atoms with van der Waals surface area (Å²) in [5.41, 5.74) is 0.823. The number of hydrogen-bond donors (Lipinski definition) is 2. The third-order valence-corrected chi connectivity index (χ3v) is 2.52. The van der Waals surface area contributed by atoms with Gasteiger partial charge in [-0.05, 0) is 12.2 Å². The van der Waals surface area contributed by atoms with Crippen LogP contribution in [0.2, 0.25) is 0 Å². The molecule has 62 valence electrons. The first-order valence-corrected chi connectivity index (χ1v) is 4.63. The van der Waals surface area contributed by atoms with Crippen LogP contribution in [0.3, 0.4) is 0 Å². The van der Waals surface area contributed by atoms with Gasteiger partial charge in [-0.2, -0.15) is 0 Å². The molecule has 0 amide bonds. The van der Waals surface area contributed by atoms with Crippen molar-refractivity contribution in [1.82, 2.24) is 9.97 Å². The molecule has 0 aliphatic rings. The highest BCUT2D eigenvalue weighted by Crippen LogP contribution is 2.19. The molecule has 1 aromatic rings. The van der Waals surface area contributed by atoms with Crippen molar-refractivity contribution in [3.63, 3.8) is 0 Å². The van der Waals surface area contributed by atoms with Gasteiger partial charge in [-0.15, -0.1) is 11.8 Å². The normalized spacial score (nSPS) is 10.4. The Bertz CT molecular complexity index is 212. The molecular weight excluding hydrogens is 160 g/mol. The van der Waals surface area contributed by atoms with Crippen LogP contribution in [-0.2, 0) is 6.61 Å². The molecule has 0 saturated heterocycles. The third kappa shape index (κ3) is 2.24. The monoisotopic (exact) mass is 172 g/mol. The summed E-state index contributed by atoms with van der Waals surface area (Å²) in [6, 6.07) is 0. The first-order valence-electron chi connectivity index (χ1n) is 3.64. The van der Waals surface area contributed by atoms with Crippen molar-refractivity contribution in [3.05, 3.63) is 12.0 Å². The molecule has 2 N–H and O–H groups in total. The SMILES string of the molecule is CCCSc1nc[nH]c1CO. The van der Waals surface area contributed by atoms with Crippen LogP contribution in [0.15, 0.2) is 11.4 Å². The van der Waals surface area contributed by atoms with Crippen LogP contribution in [0.25, 0.3) is 0 Å². The second kappa shape index (κ2) is 4.41. The van der Waals surface area contributed by atoms with Gasteiger partial charge < -0.3 is 10.1 Å². The zero-order chi connectivity index (χ0) is 8.10. The van der Waals surface area contributed by atoms with Crippen LogP contribution in [0.4, 0.5) is 0 Å². The topological polar surface area (TPSA) is 48.9 Å². The largest absolute Gasteiger partial charge is 0.390 e. The summed E-state index contributed by atoms with van der Waals surface area (Å²) in [5.74, 6) is 1.05. The number of aliphatic hydroxyl groups is 1. The molecule has 4 heteroatoms. The molecule has 1 aromatic heterocycles. The summed E-state index contributed by atoms with van der Waals surface area (Å²) in [5, 5.41) is 9.75. The molecule has 11 heavy (non-hydrogen) atoms. The second-order valence-corrected chi connectivity index (χ2v) is 3.28. The third-order valence-electron chi connectivity index (χ3n) is 1.28. The molecule has 0 aromatic carbocycles. The first-order chi connectivity index (χ1) is 5.38. The highest BCUT2D eigenvalue weighted by Gasteiger charge is 2.02. The minimum atomic E-state index is 0.0477. The average Bonchev–Trinajstić information content (AvgIpc) is 2.47. The fourth-order valence-electron chi connectivity index (χ4n) is 0.745. The molecule has 0 bridgehead atoms. The fraction of sp³-hybridized carbons (Fsp3) is 0.571. The number of aromatic amines is 1. The maximum Gasteiger partial charge on any atom is 0.119 e. The predicted octanol–water partition coefficient (Wildman–Crippen LogP) is 1.40. The molecule has 0 unspecified atom stereocenters. The number of H-pyrrole nitrogens is 1. The highest BCUT2D eigenvalue weighted by atomic mass is 32.2. The number of nitrogens with one attached hydrogen (secondary N) is 1. The predicted molar refractivity (Wildman–Crippen MR) is 45.5 cm³/mol. The van der Waals surface area contributed by atoms with Crippen molar-refractivity contribution in [3.8, 4) is 0 Å². The van der Waals surface area contributed by atoms with Crippen LogP contribution < -0.4 is 0 Å². The molecule has 1 rings (SSSR count). The Morgan fingerprint density at radius 1 is 1.73 bits per heavy atom. The minimum Gasteiger partial charge on any atom is -0.390 e. The highest BCUT2D eigenvalue weighted by molar-refractivity contribution is 7.99. The van der Waals surface area contributed by atoms with E-state index in [1.807, 2.05) is 0 Å². The van der Waals surface area contributed by atoms with E-state index in [-0.39, 0.29) is 6.61 Å². The quantitative estimate of drug-likeness (QED) is 0.675. The standard InChI is InChI=1S/C7H12N2OS/c1-2-3-11-7-6(4-10)8-5-9-7/h5,10H,2-4H2,1H3,(H,8,9). The zero-order valence-corrected chi connectivity index (χ0v) is 7.32. The lowest BCUT2D eigenvalue weighted by molar-refractivity contribution is 0.274. The number of aliphatic hydroxyl groups excluding tert-OH is 1. The van der Waals surface area contributed by atoms with Gasteiger partial charge in [0.05, 0.1) is 18.6 Å². The summed E-state index contributed by atoms with van der Waals surface area (Å²) in [7, 11) is 0. The molecule has 1 heterocycles. The average molecular weight is 172 g/mol. The van der Waals surface area contributed by atoms with E-state index in [0.717, 1.165) is 22.9 Å². The van der Waals surface area contributed by atoms with Crippen molar-refractivity contribution >= 4 is 11.8 Å². The minimum absolute atomic E-state index is 0.0477. The van der Waals surface area contributed by atoms with E-state index in [0.29, 0.717) is 0 Å². The van der Waals surface area contributed by atoms with Crippen LogP contribution >= 0.6 is 11.8 Å². The Balaban J connectivity index is 2.54. The molecule has 0 radical (unpaired) electrons. The Morgan fingerprint density at radius 2 is 2.55 bits per heavy atom. The van der Waals surface area contributed by atoms with Crippen LogP contribution in [0.5, 0.6) is 0 Å². The van der Waals surface area contributed by atoms with Gasteiger partial charge in [0.2, 0.25) is 0 Å². The van der Waals surface area contributed by atoms with Crippen molar-refractivity contribution in [2.45, 2.75) is 25.0 Å². The van der Waals surface area contributed by atoms with Crippen LogP contribution in [-0.4, -0.2) is 20.8 Å². The van der Waals surface area contributed by atoms with Crippen LogP contribution in [0, 0.1) is 0 Å². The first kappa shape index (κ1) is 8.62. The van der Waals surface area contributed by atoms with Gasteiger partial charge >= 0.3 is 0 Å². The van der Waals surface area contributed by atoms with E-state index in [2.05, 4.69) is 16.9 Å². The number of hydrogen-bond acceptors (Lipinski definition) is 3. The maximum absolute atomic E-state index is 8.82. The molecule has 0 aliphatic heterocycles. The van der Waals surface area contributed by atoms with E-state index in [1.165, 1.54) is 0 Å². The molecule has 0 atom stereocenters. The van der Waals surface area contributed by atoms with E-state index < -0.39 is 0 Å². The van der Waals surface area contributed by atoms with Gasteiger partial charge in [-0.3, -0.25) is 0 Å². The number of rotatable bonds is 4. The summed E-state index contributed by atoms with van der Waals surface area (Å²) < 4.78 is 0. The number of thioether (sulfide) groups is 1. The Labute approximate surface area is 70.2 Å². The molecule has 0 fully saturated rings. The fourth-order valence-corrected chi connectivity index (χ4v) is 1.57. The molecule has 3 nitrogen and oxygen atoms in total. The summed E-state index contributed by atoms with van der Waals surface area (Å²) in [6.07, 6.45) is 2.74. The summed E-state index contributed by atoms with van der Waals surface area (Å²) in [4.78, 5) is 6.95. The van der Waals surface area contributed by atoms with Gasteiger partial charge in [-0.25, -0.2) is 4.98 Å². The van der Waals surface area contributed by atoms with Gasteiger partial charge in [0.1, 0.15) is 5.03 Å². The van der Waals surface area contributed by atoms with Crippen molar-refractivity contribution < 1.29 is 5.11 Å². The molecule has 0 saturated carbocycles. The van der Waals surface area contributed by atoms with Gasteiger partial charge in [-0.1, -0.05) is 6.92 Å². The van der Waals surface area contributed by atoms with Crippen molar-refractivity contribution in [1.29, 1.82) is 0 Å². The molecule has 0 spiro atoms. The molecule has 0 aliphatic carbocycles. The Hall–Kier alpha value is -0.480. The number of aromatic nitrogens is 2. The second-order valence-electron chi connectivity index (χ2n) is 2.19. The van der Waals surface area contributed by atoms with Gasteiger partial charge in [0, 0.05) is 0 Å². The van der Waals surface area contributed by atoms with E-state index in [1.54, 1.807) is 18.1 Å². The van der Waals surface area contributed by atoms with Gasteiger partial charge in [0.25, 0.3) is 0 Å². The summed E-state index contributed by atoms with van der Waals surface area (Å²) in [6.45, 7) is 2.17. The number of imidazole rings is 1. The van der Waals surface area contributed by atoms with Crippen molar-refractivity contribution in [2.75, 3.05) is 5.75 Å². The lowest BCUT2D eigenvalue weighted by Crippen LogP contribution is -1.86. The molecular formula is C7H12N2OS. The lowest BCUT2D eigenvalue weighted by atomic mass is 10.5. The van der Waals surface area contributed by atoms with E-state index >= 15 is 0 Å². The van der Waals surface area contributed by atoms with E-state index in [4.69, 9.17) is 5.11 Å². The zero-order valence-electron chi connectivity index (χ0n) is 6.50. The maximum atomic E-state index is 8.82. The number of nitrogens with zero attached hydrogens (tertiary/aromatic N) is 1. The lowest BCUT2D eigenvalue weighted by Gasteiger charge is -1.96. The van der Waals surface area contributed by atoms with Gasteiger partial charge in [0.15, 0.2) is 0 Å². The van der Waals surface area contributed by atoms with Crippen molar-refractivity contribution in [2.24, 2.45) is 0 Å². The van der Waals surface area contributed by atoms with E-state index in [9.17, 15) is 0 Å². The van der Waals surface area contributed by atoms with Crippen LogP contribution in [0.1, 0.15) is 19.0 Å². The Morgan fingerprint density at radius 3 is 3.18 bits per heavy atom. The Kier molecular flexibility index (Phi) is 3.45.